The first-order valence-electron chi connectivity index (χ1n) is 9.10. The quantitative estimate of drug-likeness (QED) is 0.272. The van der Waals surface area contributed by atoms with Crippen molar-refractivity contribution >= 4 is 0 Å². The van der Waals surface area contributed by atoms with Crippen LogP contribution in [0, 0.1) is 0 Å². The van der Waals surface area contributed by atoms with Crippen LogP contribution < -0.4 is 0 Å². The van der Waals surface area contributed by atoms with E-state index < -0.39 is 0 Å². The Labute approximate surface area is 127 Å². The number of hydrogen-bond acceptors (Lipinski definition) is 1. The van der Waals surface area contributed by atoms with Gasteiger partial charge in [0.15, 0.2) is 0 Å². The van der Waals surface area contributed by atoms with Gasteiger partial charge in [-0.1, -0.05) is 76.9 Å². The maximum atomic E-state index is 9.15. The summed E-state index contributed by atoms with van der Waals surface area (Å²) >= 11 is 0. The van der Waals surface area contributed by atoms with Crippen LogP contribution in [0.5, 0.6) is 0 Å². The predicted molar refractivity (Wildman–Crippen MR) is 91.1 cm³/mol. The lowest BCUT2D eigenvalue weighted by Gasteiger charge is -2.03. The van der Waals surface area contributed by atoms with Gasteiger partial charge < -0.3 is 5.11 Å². The zero-order chi connectivity index (χ0) is 14.9. The topological polar surface area (TPSA) is 20.2 Å². The monoisotopic (exact) mass is 282 g/mol. The van der Waals surface area contributed by atoms with Crippen LogP contribution in [-0.4, -0.2) is 11.2 Å². The lowest BCUT2D eigenvalue weighted by atomic mass is 10.1. The van der Waals surface area contributed by atoms with E-state index in [2.05, 4.69) is 19.1 Å². The van der Waals surface area contributed by atoms with Crippen LogP contribution in [0.1, 0.15) is 104 Å². The molecule has 0 unspecified atom stereocenters. The zero-order valence-electron chi connectivity index (χ0n) is 14.1. The van der Waals surface area contributed by atoms with E-state index in [9.17, 15) is 0 Å². The average Bonchev–Trinajstić information content (AvgIpc) is 2.43. The lowest BCUT2D eigenvalue weighted by molar-refractivity contribution is 0.180. The molecule has 0 aliphatic carbocycles. The van der Waals surface area contributed by atoms with Crippen LogP contribution in [0.25, 0.3) is 0 Å². The highest BCUT2D eigenvalue weighted by molar-refractivity contribution is 4.81. The highest BCUT2D eigenvalue weighted by Crippen LogP contribution is 2.10. The minimum Gasteiger partial charge on any atom is -0.393 e. The molecule has 120 valence electrons. The van der Waals surface area contributed by atoms with Crippen molar-refractivity contribution in [3.63, 3.8) is 0 Å². The third kappa shape index (κ3) is 17.7. The van der Waals surface area contributed by atoms with Crippen LogP contribution in [-0.2, 0) is 0 Å². The first-order valence-corrected chi connectivity index (χ1v) is 9.10. The van der Waals surface area contributed by atoms with E-state index in [1.54, 1.807) is 0 Å². The molecule has 0 aromatic rings. The molecule has 0 aliphatic heterocycles. The normalized spacial score (nSPS) is 13.2. The summed E-state index contributed by atoms with van der Waals surface area (Å²) in [6.07, 6.45) is 23.0. The molecule has 0 bridgehead atoms. The molecule has 0 aromatic carbocycles. The Kier molecular flexibility index (Phi) is 16.5. The van der Waals surface area contributed by atoms with Gasteiger partial charge in [0.1, 0.15) is 0 Å². The molecule has 0 amide bonds. The third-order valence-corrected chi connectivity index (χ3v) is 3.88. The molecule has 0 rings (SSSR count). The number of hydrogen-bond donors (Lipinski definition) is 1. The van der Waals surface area contributed by atoms with Crippen molar-refractivity contribution < 1.29 is 5.11 Å². The summed E-state index contributed by atoms with van der Waals surface area (Å²) in [5, 5.41) is 9.15. The Morgan fingerprint density at radius 3 is 1.65 bits per heavy atom. The Bertz CT molecular complexity index is 196. The van der Waals surface area contributed by atoms with Crippen molar-refractivity contribution in [3.8, 4) is 0 Å². The maximum absolute atomic E-state index is 9.15. The van der Waals surface area contributed by atoms with Crippen LogP contribution in [0.3, 0.4) is 0 Å². The fourth-order valence-electron chi connectivity index (χ4n) is 2.51. The van der Waals surface area contributed by atoms with Gasteiger partial charge in [-0.05, 0) is 39.0 Å². The van der Waals surface area contributed by atoms with E-state index in [0.29, 0.717) is 0 Å². The number of aliphatic hydroxyl groups is 1. The Morgan fingerprint density at radius 2 is 1.15 bits per heavy atom. The standard InChI is InChI=1S/C19H38O/c1-3-4-5-6-7-8-9-10-11-12-13-14-15-16-17-18-19(2)20/h10-11,19-20H,3-9,12-18H2,1-2H3/b11-10-/t19-/m1/s1. The Morgan fingerprint density at radius 1 is 0.700 bits per heavy atom. The molecule has 20 heavy (non-hydrogen) atoms. The summed E-state index contributed by atoms with van der Waals surface area (Å²) in [6, 6.07) is 0. The molecule has 0 fully saturated rings. The van der Waals surface area contributed by atoms with Crippen LogP contribution in [0.2, 0.25) is 0 Å². The zero-order valence-corrected chi connectivity index (χ0v) is 14.1. The first kappa shape index (κ1) is 19.7. The van der Waals surface area contributed by atoms with E-state index in [0.717, 1.165) is 6.42 Å². The molecule has 0 saturated carbocycles. The molecule has 0 heterocycles. The summed E-state index contributed by atoms with van der Waals surface area (Å²) in [7, 11) is 0. The van der Waals surface area contributed by atoms with E-state index in [1.165, 1.54) is 83.5 Å². The average molecular weight is 283 g/mol. The van der Waals surface area contributed by atoms with E-state index in [1.807, 2.05) is 6.92 Å². The summed E-state index contributed by atoms with van der Waals surface area (Å²) in [4.78, 5) is 0. The van der Waals surface area contributed by atoms with Gasteiger partial charge in [0, 0.05) is 0 Å². The van der Waals surface area contributed by atoms with Gasteiger partial charge in [-0.3, -0.25) is 0 Å². The van der Waals surface area contributed by atoms with Crippen LogP contribution >= 0.6 is 0 Å². The van der Waals surface area contributed by atoms with Crippen LogP contribution in [0.4, 0.5) is 0 Å². The van der Waals surface area contributed by atoms with Gasteiger partial charge in [-0.15, -0.1) is 0 Å². The third-order valence-electron chi connectivity index (χ3n) is 3.88. The van der Waals surface area contributed by atoms with Crippen molar-refractivity contribution in [1.29, 1.82) is 0 Å². The molecular weight excluding hydrogens is 244 g/mol. The molecule has 0 aliphatic rings. The van der Waals surface area contributed by atoms with Gasteiger partial charge in [-0.25, -0.2) is 0 Å². The maximum Gasteiger partial charge on any atom is 0.0512 e. The highest BCUT2D eigenvalue weighted by atomic mass is 16.3. The predicted octanol–water partition coefficient (Wildman–Crippen LogP) is 6.40. The van der Waals surface area contributed by atoms with Gasteiger partial charge >= 0.3 is 0 Å². The molecule has 1 nitrogen and oxygen atoms in total. The number of rotatable bonds is 15. The van der Waals surface area contributed by atoms with Crippen molar-refractivity contribution in [2.75, 3.05) is 0 Å². The second kappa shape index (κ2) is 16.8. The minimum absolute atomic E-state index is 0.111. The largest absolute Gasteiger partial charge is 0.393 e. The minimum atomic E-state index is -0.111. The van der Waals surface area contributed by atoms with Crippen molar-refractivity contribution in [2.24, 2.45) is 0 Å². The van der Waals surface area contributed by atoms with Crippen molar-refractivity contribution in [2.45, 2.75) is 110 Å². The van der Waals surface area contributed by atoms with Gasteiger partial charge in [0.05, 0.1) is 6.10 Å². The molecule has 0 radical (unpaired) electrons. The van der Waals surface area contributed by atoms with Gasteiger partial charge in [-0.2, -0.15) is 0 Å². The number of unbranched alkanes of at least 4 members (excludes halogenated alkanes) is 11. The Balaban J connectivity index is 3.05. The van der Waals surface area contributed by atoms with E-state index in [4.69, 9.17) is 5.11 Å². The van der Waals surface area contributed by atoms with E-state index in [-0.39, 0.29) is 6.10 Å². The molecule has 0 aromatic heterocycles. The fraction of sp³-hybridized carbons (Fsp3) is 0.895. The molecule has 1 heteroatoms. The molecule has 0 spiro atoms. The van der Waals surface area contributed by atoms with Gasteiger partial charge in [0.2, 0.25) is 0 Å². The van der Waals surface area contributed by atoms with Crippen molar-refractivity contribution in [3.05, 3.63) is 12.2 Å². The van der Waals surface area contributed by atoms with E-state index >= 15 is 0 Å². The number of allylic oxidation sites excluding steroid dienone is 2. The summed E-state index contributed by atoms with van der Waals surface area (Å²) in [5.41, 5.74) is 0. The first-order chi connectivity index (χ1) is 9.77. The van der Waals surface area contributed by atoms with Crippen LogP contribution in [0.15, 0.2) is 12.2 Å². The Hall–Kier alpha value is -0.300. The SMILES string of the molecule is CCCCCCCC/C=C\CCCCCCC[C@@H](C)O. The van der Waals surface area contributed by atoms with Gasteiger partial charge in [0.25, 0.3) is 0 Å². The molecule has 1 N–H and O–H groups in total. The summed E-state index contributed by atoms with van der Waals surface area (Å²) in [5.74, 6) is 0. The molecule has 0 saturated heterocycles. The second-order valence-corrected chi connectivity index (χ2v) is 6.22. The second-order valence-electron chi connectivity index (χ2n) is 6.22. The highest BCUT2D eigenvalue weighted by Gasteiger charge is 1.95. The fourth-order valence-corrected chi connectivity index (χ4v) is 2.51. The summed E-state index contributed by atoms with van der Waals surface area (Å²) < 4.78 is 0. The number of aliphatic hydroxyl groups excluding tert-OH is 1. The van der Waals surface area contributed by atoms with Crippen molar-refractivity contribution in [1.82, 2.24) is 0 Å². The molecular formula is C19H38O. The summed E-state index contributed by atoms with van der Waals surface area (Å²) in [6.45, 7) is 4.16. The smallest absolute Gasteiger partial charge is 0.0512 e. The lowest BCUT2D eigenvalue weighted by Crippen LogP contribution is -1.98. The molecule has 1 atom stereocenters.